The van der Waals surface area contributed by atoms with Crippen LogP contribution in [-0.2, 0) is 9.53 Å². The number of nitrogens with zero attached hydrogens (tertiary/aromatic N) is 3. The van der Waals surface area contributed by atoms with Crippen LogP contribution in [0.4, 0.5) is 9.18 Å². The van der Waals surface area contributed by atoms with Crippen LogP contribution in [-0.4, -0.2) is 66.4 Å². The van der Waals surface area contributed by atoms with E-state index in [1.807, 2.05) is 11.0 Å². The lowest BCUT2D eigenvalue weighted by Crippen LogP contribution is -2.64. The van der Waals surface area contributed by atoms with Gasteiger partial charge in [-0.2, -0.15) is 5.26 Å². The summed E-state index contributed by atoms with van der Waals surface area (Å²) in [5.74, 6) is -0.612. The Morgan fingerprint density at radius 2 is 2.26 bits per heavy atom. The average molecular weight is 377 g/mol. The fraction of sp³-hybridized carbons (Fsp3) is 0.611. The van der Waals surface area contributed by atoms with E-state index in [9.17, 15) is 14.0 Å². The van der Waals surface area contributed by atoms with E-state index in [0.717, 1.165) is 13.1 Å². The number of cyclic esters (lactones) is 1. The number of hydrogen-bond acceptors (Lipinski definition) is 6. The zero-order chi connectivity index (χ0) is 19.4. The van der Waals surface area contributed by atoms with E-state index in [1.54, 1.807) is 19.1 Å². The molecule has 2 aliphatic heterocycles. The molecule has 2 fully saturated rings. The first-order valence-electron chi connectivity index (χ1n) is 9.17. The standard InChI is InChI=1S/C18H24FN5O3/c1-2-15(25)22-16-12-24(17(26)27-16)18(23-9-7-21-8-10-23)5-3-13(4-6-20)14(19)11-18/h3,5,16,21H,2,4,7-12H2,1H3,(H,22,25). The van der Waals surface area contributed by atoms with E-state index in [-0.39, 0.29) is 31.7 Å². The first-order valence-corrected chi connectivity index (χ1v) is 9.17. The largest absolute Gasteiger partial charge is 0.423 e. The van der Waals surface area contributed by atoms with Gasteiger partial charge in [-0.15, -0.1) is 0 Å². The summed E-state index contributed by atoms with van der Waals surface area (Å²) in [5.41, 5.74) is -0.667. The van der Waals surface area contributed by atoms with Crippen molar-refractivity contribution in [2.45, 2.75) is 38.1 Å². The van der Waals surface area contributed by atoms with Crippen LogP contribution in [0.25, 0.3) is 0 Å². The molecular weight excluding hydrogens is 353 g/mol. The average Bonchev–Trinajstić information content (AvgIpc) is 3.04. The molecule has 3 rings (SSSR count). The van der Waals surface area contributed by atoms with Gasteiger partial charge in [0.1, 0.15) is 11.5 Å². The Bertz CT molecular complexity index is 710. The minimum absolute atomic E-state index is 0.0143. The summed E-state index contributed by atoms with van der Waals surface area (Å²) in [4.78, 5) is 27.8. The highest BCUT2D eigenvalue weighted by Gasteiger charge is 2.50. The van der Waals surface area contributed by atoms with Crippen LogP contribution in [0.1, 0.15) is 26.2 Å². The molecule has 2 atom stereocenters. The van der Waals surface area contributed by atoms with Crippen molar-refractivity contribution in [3.05, 3.63) is 23.6 Å². The molecule has 0 aromatic heterocycles. The minimum atomic E-state index is -1.01. The summed E-state index contributed by atoms with van der Waals surface area (Å²) in [6, 6.07) is 1.96. The van der Waals surface area contributed by atoms with Crippen molar-refractivity contribution in [3.63, 3.8) is 0 Å². The van der Waals surface area contributed by atoms with Gasteiger partial charge >= 0.3 is 6.09 Å². The van der Waals surface area contributed by atoms with Crippen LogP contribution < -0.4 is 10.6 Å². The third-order valence-corrected chi connectivity index (χ3v) is 5.17. The highest BCUT2D eigenvalue weighted by Crippen LogP contribution is 2.39. The molecule has 2 heterocycles. The third-order valence-electron chi connectivity index (χ3n) is 5.17. The van der Waals surface area contributed by atoms with Crippen LogP contribution in [0, 0.1) is 11.3 Å². The summed E-state index contributed by atoms with van der Waals surface area (Å²) in [5, 5.41) is 14.8. The first-order chi connectivity index (χ1) is 13.0. The molecule has 2 amide bonds. The number of rotatable bonds is 5. The van der Waals surface area contributed by atoms with Crippen LogP contribution in [0.3, 0.4) is 0 Å². The van der Waals surface area contributed by atoms with Gasteiger partial charge in [0.15, 0.2) is 6.23 Å². The lowest BCUT2D eigenvalue weighted by molar-refractivity contribution is -0.123. The number of ether oxygens (including phenoxy) is 1. The predicted molar refractivity (Wildman–Crippen MR) is 94.7 cm³/mol. The van der Waals surface area contributed by atoms with Crippen molar-refractivity contribution in [2.75, 3.05) is 32.7 Å². The van der Waals surface area contributed by atoms with Crippen molar-refractivity contribution in [2.24, 2.45) is 0 Å². The van der Waals surface area contributed by atoms with Crippen LogP contribution >= 0.6 is 0 Å². The quantitative estimate of drug-likeness (QED) is 0.742. The molecule has 0 aromatic carbocycles. The highest BCUT2D eigenvalue weighted by atomic mass is 19.1. The Morgan fingerprint density at radius 3 is 2.89 bits per heavy atom. The Kier molecular flexibility index (Phi) is 5.77. The summed E-state index contributed by atoms with van der Waals surface area (Å²) in [6.07, 6.45) is 2.27. The van der Waals surface area contributed by atoms with Gasteiger partial charge < -0.3 is 15.4 Å². The Balaban J connectivity index is 1.88. The number of amides is 2. The van der Waals surface area contributed by atoms with Crippen molar-refractivity contribution in [3.8, 4) is 6.07 Å². The molecule has 0 bridgehead atoms. The van der Waals surface area contributed by atoms with Gasteiger partial charge in [-0.1, -0.05) is 13.0 Å². The van der Waals surface area contributed by atoms with Crippen molar-refractivity contribution in [1.82, 2.24) is 20.4 Å². The Labute approximate surface area is 157 Å². The number of halogens is 1. The minimum Gasteiger partial charge on any atom is -0.423 e. The molecule has 146 valence electrons. The molecule has 2 unspecified atom stereocenters. The molecular formula is C18H24FN5O3. The van der Waals surface area contributed by atoms with E-state index in [1.165, 1.54) is 4.90 Å². The Hall–Kier alpha value is -2.44. The summed E-state index contributed by atoms with van der Waals surface area (Å²) in [7, 11) is 0. The van der Waals surface area contributed by atoms with Crippen LogP contribution in [0.15, 0.2) is 23.6 Å². The molecule has 0 spiro atoms. The number of allylic oxidation sites excluding steroid dienone is 2. The molecule has 0 radical (unpaired) electrons. The van der Waals surface area contributed by atoms with Gasteiger partial charge in [0, 0.05) is 39.0 Å². The van der Waals surface area contributed by atoms with Crippen molar-refractivity contribution in [1.29, 1.82) is 5.26 Å². The van der Waals surface area contributed by atoms with E-state index < -0.39 is 23.8 Å². The predicted octanol–water partition coefficient (Wildman–Crippen LogP) is 0.990. The fourth-order valence-electron chi connectivity index (χ4n) is 3.73. The van der Waals surface area contributed by atoms with Gasteiger partial charge in [0.25, 0.3) is 0 Å². The van der Waals surface area contributed by atoms with E-state index in [4.69, 9.17) is 10.00 Å². The Morgan fingerprint density at radius 1 is 1.52 bits per heavy atom. The zero-order valence-electron chi connectivity index (χ0n) is 15.3. The SMILES string of the molecule is CCC(=O)NC1CN(C2(N3CCNCC3)C=CC(CC#N)=C(F)C2)C(=O)O1. The van der Waals surface area contributed by atoms with Gasteiger partial charge in [-0.05, 0) is 11.6 Å². The normalized spacial score (nSPS) is 28.9. The second-order valence-corrected chi connectivity index (χ2v) is 6.79. The second kappa shape index (κ2) is 8.06. The lowest BCUT2D eigenvalue weighted by atomic mass is 9.90. The molecule has 9 heteroatoms. The van der Waals surface area contributed by atoms with Crippen molar-refractivity contribution >= 4 is 12.0 Å². The molecule has 0 saturated carbocycles. The second-order valence-electron chi connectivity index (χ2n) is 6.79. The molecule has 8 nitrogen and oxygen atoms in total. The molecule has 2 saturated heterocycles. The van der Waals surface area contributed by atoms with Gasteiger partial charge in [-0.25, -0.2) is 9.18 Å². The number of piperazine rings is 1. The highest BCUT2D eigenvalue weighted by molar-refractivity contribution is 5.77. The third kappa shape index (κ3) is 3.82. The van der Waals surface area contributed by atoms with E-state index >= 15 is 0 Å². The fourth-order valence-corrected chi connectivity index (χ4v) is 3.73. The number of nitrogens with one attached hydrogen (secondary N) is 2. The molecule has 0 aromatic rings. The number of nitriles is 1. The molecule has 3 aliphatic rings. The maximum Gasteiger partial charge on any atom is 0.413 e. The topological polar surface area (TPSA) is 97.7 Å². The maximum atomic E-state index is 14.8. The van der Waals surface area contributed by atoms with E-state index in [0.29, 0.717) is 18.7 Å². The first kappa shape index (κ1) is 19.3. The maximum absolute atomic E-state index is 14.8. The van der Waals surface area contributed by atoms with Gasteiger partial charge in [-0.3, -0.25) is 14.6 Å². The van der Waals surface area contributed by atoms with Crippen LogP contribution in [0.2, 0.25) is 0 Å². The molecule has 27 heavy (non-hydrogen) atoms. The smallest absolute Gasteiger partial charge is 0.413 e. The van der Waals surface area contributed by atoms with Gasteiger partial charge in [0.2, 0.25) is 5.91 Å². The molecule has 1 aliphatic carbocycles. The van der Waals surface area contributed by atoms with Crippen LogP contribution in [0.5, 0.6) is 0 Å². The zero-order valence-corrected chi connectivity index (χ0v) is 15.3. The number of carbonyl (C=O) groups is 2. The number of carbonyl (C=O) groups excluding carboxylic acids is 2. The molecule has 2 N–H and O–H groups in total. The summed E-state index contributed by atoms with van der Waals surface area (Å²) >= 11 is 0. The lowest BCUT2D eigenvalue weighted by Gasteiger charge is -2.49. The van der Waals surface area contributed by atoms with Gasteiger partial charge in [0.05, 0.1) is 19.0 Å². The van der Waals surface area contributed by atoms with E-state index in [2.05, 4.69) is 10.6 Å². The monoisotopic (exact) mass is 377 g/mol. The van der Waals surface area contributed by atoms with Crippen molar-refractivity contribution < 1.29 is 18.7 Å². The summed E-state index contributed by atoms with van der Waals surface area (Å²) < 4.78 is 20.1. The summed E-state index contributed by atoms with van der Waals surface area (Å²) in [6.45, 7) is 4.59. The number of hydrogen-bond donors (Lipinski definition) is 2.